The molecule has 0 radical (unpaired) electrons. The van der Waals surface area contributed by atoms with Gasteiger partial charge in [-0.05, 0) is 55.8 Å². The third-order valence-electron chi connectivity index (χ3n) is 9.77. The number of hydrogen-bond acceptors (Lipinski definition) is 1. The van der Waals surface area contributed by atoms with E-state index < -0.39 is 12.6 Å². The molecule has 1 aliphatic carbocycles. The molecular weight excluding hydrogens is 563 g/mol. The third kappa shape index (κ3) is 3.48. The van der Waals surface area contributed by atoms with Gasteiger partial charge in [0, 0.05) is 21.5 Å². The van der Waals surface area contributed by atoms with Gasteiger partial charge in [-0.2, -0.15) is 0 Å². The molecular formula is C43H29OP. The summed E-state index contributed by atoms with van der Waals surface area (Å²) in [4.78, 5) is 0. The molecule has 1 heterocycles. The smallest absolute Gasteiger partial charge is 0.172 e. The summed E-state index contributed by atoms with van der Waals surface area (Å²) >= 11 is 0. The van der Waals surface area contributed by atoms with Gasteiger partial charge in [0.25, 0.3) is 0 Å². The van der Waals surface area contributed by atoms with Crippen LogP contribution < -0.4 is 15.9 Å². The lowest BCUT2D eigenvalue weighted by atomic mass is 9.65. The molecule has 7 aromatic rings. The summed E-state index contributed by atoms with van der Waals surface area (Å²) in [5, 5.41) is 4.91. The van der Waals surface area contributed by atoms with Crippen LogP contribution >= 0.6 is 7.14 Å². The average Bonchev–Trinajstić information content (AvgIpc) is 3.38. The standard InChI is InChI=1S/C43H29OP/c44-45(33-21-8-3-9-22-33)38-27-15-13-25-36(38)42-41(40-34-23-11-10-16-30(34)28-29-39(40)45)35-24-12-14-26-37(35)43(42,31-17-4-1-5-18-31)32-19-6-2-7-20-32/h1-29H. The van der Waals surface area contributed by atoms with Gasteiger partial charge in [-0.1, -0.05) is 170 Å². The Morgan fingerprint density at radius 3 is 1.71 bits per heavy atom. The van der Waals surface area contributed by atoms with Crippen LogP contribution in [0.25, 0.3) is 21.9 Å². The molecule has 0 aromatic heterocycles. The van der Waals surface area contributed by atoms with E-state index in [9.17, 15) is 0 Å². The van der Waals surface area contributed by atoms with Gasteiger partial charge in [0.05, 0.1) is 5.41 Å². The number of benzene rings is 7. The maximum absolute atomic E-state index is 16.3. The van der Waals surface area contributed by atoms with Crippen LogP contribution in [0.2, 0.25) is 0 Å². The Bertz CT molecular complexity index is 2300. The summed E-state index contributed by atoms with van der Waals surface area (Å²) in [6.07, 6.45) is 0. The molecule has 9 rings (SSSR count). The Hall–Kier alpha value is -5.23. The van der Waals surface area contributed by atoms with E-state index in [0.29, 0.717) is 0 Å². The summed E-state index contributed by atoms with van der Waals surface area (Å²) < 4.78 is 16.3. The SMILES string of the molecule is O=P1(c2ccccc2)c2ccccc2C2=C(c3ccccc3C2(c2ccccc2)c2ccccc2)c2c1ccc1ccccc21. The topological polar surface area (TPSA) is 17.1 Å². The van der Waals surface area contributed by atoms with Gasteiger partial charge in [0.15, 0.2) is 7.14 Å². The van der Waals surface area contributed by atoms with E-state index in [4.69, 9.17) is 0 Å². The van der Waals surface area contributed by atoms with Gasteiger partial charge in [-0.3, -0.25) is 0 Å². The monoisotopic (exact) mass is 592 g/mol. The minimum atomic E-state index is -3.34. The zero-order valence-electron chi connectivity index (χ0n) is 24.6. The molecule has 1 unspecified atom stereocenters. The second kappa shape index (κ2) is 9.89. The quantitative estimate of drug-likeness (QED) is 0.187. The fourth-order valence-electron chi connectivity index (χ4n) is 8.01. The molecule has 0 amide bonds. The van der Waals surface area contributed by atoms with E-state index in [0.717, 1.165) is 37.8 Å². The van der Waals surface area contributed by atoms with E-state index >= 15 is 4.57 Å². The summed E-state index contributed by atoms with van der Waals surface area (Å²) in [7, 11) is -3.34. The minimum absolute atomic E-state index is 0.634. The molecule has 212 valence electrons. The van der Waals surface area contributed by atoms with E-state index in [1.807, 2.05) is 30.3 Å². The van der Waals surface area contributed by atoms with Crippen molar-refractivity contribution in [2.24, 2.45) is 0 Å². The molecule has 2 heteroatoms. The van der Waals surface area contributed by atoms with Crippen molar-refractivity contribution in [3.05, 3.63) is 209 Å². The summed E-state index contributed by atoms with van der Waals surface area (Å²) in [5.41, 5.74) is 8.69. The molecule has 2 aliphatic rings. The first-order chi connectivity index (χ1) is 22.2. The number of fused-ring (bicyclic) bond motifs is 8. The van der Waals surface area contributed by atoms with Crippen LogP contribution in [0.1, 0.15) is 33.4 Å². The zero-order valence-corrected chi connectivity index (χ0v) is 25.5. The molecule has 0 spiro atoms. The van der Waals surface area contributed by atoms with Crippen molar-refractivity contribution >= 4 is 45.0 Å². The molecule has 7 aromatic carbocycles. The largest absolute Gasteiger partial charge is 0.309 e. The molecule has 0 saturated heterocycles. The summed E-state index contributed by atoms with van der Waals surface area (Å²) in [6, 6.07) is 62.1. The normalized spacial score (nSPS) is 17.6. The molecule has 0 saturated carbocycles. The van der Waals surface area contributed by atoms with Gasteiger partial charge in [0.1, 0.15) is 0 Å². The average molecular weight is 593 g/mol. The minimum Gasteiger partial charge on any atom is -0.309 e. The highest BCUT2D eigenvalue weighted by Crippen LogP contribution is 2.63. The van der Waals surface area contributed by atoms with Crippen LogP contribution in [0.15, 0.2) is 176 Å². The number of rotatable bonds is 3. The molecule has 1 aliphatic heterocycles. The number of hydrogen-bond donors (Lipinski definition) is 0. The van der Waals surface area contributed by atoms with Crippen LogP contribution in [0, 0.1) is 0 Å². The maximum atomic E-state index is 16.3. The molecule has 0 bridgehead atoms. The van der Waals surface area contributed by atoms with E-state index in [2.05, 4.69) is 146 Å². The highest BCUT2D eigenvalue weighted by atomic mass is 31.2. The third-order valence-corrected chi connectivity index (χ3v) is 12.9. The lowest BCUT2D eigenvalue weighted by molar-refractivity contribution is 0.592. The molecule has 0 N–H and O–H groups in total. The molecule has 0 fully saturated rings. The highest BCUT2D eigenvalue weighted by molar-refractivity contribution is 7.85. The second-order valence-electron chi connectivity index (χ2n) is 11.9. The van der Waals surface area contributed by atoms with E-state index in [1.165, 1.54) is 33.4 Å². The highest BCUT2D eigenvalue weighted by Gasteiger charge is 2.52. The van der Waals surface area contributed by atoms with Gasteiger partial charge in [0.2, 0.25) is 0 Å². The van der Waals surface area contributed by atoms with Crippen LogP contribution in [0.5, 0.6) is 0 Å². The second-order valence-corrected chi connectivity index (χ2v) is 14.6. The first-order valence-electron chi connectivity index (χ1n) is 15.5. The van der Waals surface area contributed by atoms with Crippen molar-refractivity contribution in [1.29, 1.82) is 0 Å². The Labute approximate surface area is 263 Å². The van der Waals surface area contributed by atoms with E-state index in [1.54, 1.807) is 0 Å². The van der Waals surface area contributed by atoms with Crippen LogP contribution in [-0.4, -0.2) is 0 Å². The lowest BCUT2D eigenvalue weighted by Crippen LogP contribution is -2.32. The molecule has 1 atom stereocenters. The van der Waals surface area contributed by atoms with Crippen LogP contribution in [0.4, 0.5) is 0 Å². The summed E-state index contributed by atoms with van der Waals surface area (Å²) in [5.74, 6) is 0. The van der Waals surface area contributed by atoms with Crippen molar-refractivity contribution in [2.75, 3.05) is 0 Å². The molecule has 1 nitrogen and oxygen atoms in total. The van der Waals surface area contributed by atoms with Crippen molar-refractivity contribution in [3.8, 4) is 0 Å². The number of allylic oxidation sites excluding steroid dienone is 1. The van der Waals surface area contributed by atoms with Crippen LogP contribution in [0.3, 0.4) is 0 Å². The van der Waals surface area contributed by atoms with Crippen molar-refractivity contribution in [3.63, 3.8) is 0 Å². The fourth-order valence-corrected chi connectivity index (χ4v) is 11.1. The van der Waals surface area contributed by atoms with Gasteiger partial charge >= 0.3 is 0 Å². The van der Waals surface area contributed by atoms with Gasteiger partial charge in [-0.15, -0.1) is 0 Å². The Kier molecular flexibility index (Phi) is 5.76. The summed E-state index contributed by atoms with van der Waals surface area (Å²) in [6.45, 7) is 0. The zero-order chi connectivity index (χ0) is 30.0. The molecule has 45 heavy (non-hydrogen) atoms. The first-order valence-corrected chi connectivity index (χ1v) is 17.2. The Balaban J connectivity index is 1.58. The van der Waals surface area contributed by atoms with Crippen LogP contribution in [-0.2, 0) is 9.98 Å². The predicted octanol–water partition coefficient (Wildman–Crippen LogP) is 9.10. The Morgan fingerprint density at radius 2 is 1.00 bits per heavy atom. The lowest BCUT2D eigenvalue weighted by Gasteiger charge is -2.37. The maximum Gasteiger partial charge on any atom is 0.172 e. The van der Waals surface area contributed by atoms with Gasteiger partial charge < -0.3 is 4.57 Å². The van der Waals surface area contributed by atoms with Crippen molar-refractivity contribution < 1.29 is 4.57 Å². The van der Waals surface area contributed by atoms with Crippen molar-refractivity contribution in [2.45, 2.75) is 5.41 Å². The Morgan fingerprint density at radius 1 is 0.444 bits per heavy atom. The van der Waals surface area contributed by atoms with Gasteiger partial charge in [-0.25, -0.2) is 0 Å². The first kappa shape index (κ1) is 26.2. The predicted molar refractivity (Wildman–Crippen MR) is 188 cm³/mol. The van der Waals surface area contributed by atoms with Crippen molar-refractivity contribution in [1.82, 2.24) is 0 Å². The fraction of sp³-hybridized carbons (Fsp3) is 0.0233. The van der Waals surface area contributed by atoms with E-state index in [-0.39, 0.29) is 0 Å².